The molecule has 2 aromatic heterocycles. The number of hydrogen-bond acceptors (Lipinski definition) is 1. The van der Waals surface area contributed by atoms with E-state index in [0.717, 1.165) is 55.0 Å². The first-order valence-corrected chi connectivity index (χ1v) is 17.5. The second-order valence-electron chi connectivity index (χ2n) is 12.1. The maximum Gasteiger partial charge on any atom is 0.189 e. The van der Waals surface area contributed by atoms with Crippen molar-refractivity contribution < 1.29 is 0 Å². The van der Waals surface area contributed by atoms with Crippen LogP contribution >= 0.6 is 7.92 Å². The van der Waals surface area contributed by atoms with Gasteiger partial charge in [-0.05, 0) is 78.4 Å². The molecule has 4 nitrogen and oxygen atoms in total. The molecule has 0 radical (unpaired) electrons. The van der Waals surface area contributed by atoms with Gasteiger partial charge in [0, 0.05) is 38.4 Å². The molecule has 0 aliphatic carbocycles. The van der Waals surface area contributed by atoms with E-state index in [9.17, 15) is 5.26 Å². The number of rotatable bonds is 5. The quantitative estimate of drug-likeness (QED) is 0.136. The summed E-state index contributed by atoms with van der Waals surface area (Å²) < 4.78 is 4.59. The van der Waals surface area contributed by atoms with Gasteiger partial charge in [0.1, 0.15) is 0 Å². The predicted molar refractivity (Wildman–Crippen MR) is 205 cm³/mol. The molecule has 0 saturated carbocycles. The topological polar surface area (TPSA) is 38.0 Å². The fraction of sp³-hybridized carbons (Fsp3) is 0. The van der Waals surface area contributed by atoms with Crippen LogP contribution in [-0.2, 0) is 0 Å². The minimum atomic E-state index is -0.960. The maximum atomic E-state index is 9.77. The molecule has 1 unspecified atom stereocenters. The molecule has 0 aliphatic heterocycles. The molecule has 0 bridgehead atoms. The van der Waals surface area contributed by atoms with E-state index in [1.54, 1.807) is 0 Å². The Morgan fingerprint density at radius 1 is 0.469 bits per heavy atom. The molecule has 49 heavy (non-hydrogen) atoms. The van der Waals surface area contributed by atoms with Crippen LogP contribution in [0.15, 0.2) is 164 Å². The van der Waals surface area contributed by atoms with Crippen LogP contribution in [0.2, 0.25) is 0 Å². The van der Waals surface area contributed by atoms with Crippen LogP contribution in [0, 0.1) is 17.9 Å². The zero-order valence-corrected chi connectivity index (χ0v) is 27.2. The lowest BCUT2D eigenvalue weighted by Gasteiger charge is -2.20. The molecule has 2 heterocycles. The number of nitriles is 1. The largest absolute Gasteiger partial charge is 0.310 e. The lowest BCUT2D eigenvalue weighted by Crippen LogP contribution is -2.21. The van der Waals surface area contributed by atoms with E-state index in [-0.39, 0.29) is 0 Å². The van der Waals surface area contributed by atoms with Crippen LogP contribution in [-0.4, -0.2) is 9.13 Å². The Hall–Kier alpha value is -6.45. The zero-order valence-electron chi connectivity index (χ0n) is 26.3. The second-order valence-corrected chi connectivity index (χ2v) is 14.3. The molecule has 0 N–H and O–H groups in total. The molecule has 0 spiro atoms. The van der Waals surface area contributed by atoms with Gasteiger partial charge in [-0.15, -0.1) is 0 Å². The summed E-state index contributed by atoms with van der Waals surface area (Å²) in [6, 6.07) is 59.7. The Bertz CT molecular complexity index is 2610. The summed E-state index contributed by atoms with van der Waals surface area (Å²) in [6.45, 7) is 7.69. The highest BCUT2D eigenvalue weighted by Gasteiger charge is 2.22. The molecule has 5 heteroatoms. The number of nitrogens with zero attached hydrogens (tertiary/aromatic N) is 4. The van der Waals surface area contributed by atoms with Crippen molar-refractivity contribution in [2.24, 2.45) is 0 Å². The lowest BCUT2D eigenvalue weighted by molar-refractivity contribution is 1.18. The molecular weight excluding hydrogens is 615 g/mol. The minimum Gasteiger partial charge on any atom is -0.310 e. The van der Waals surface area contributed by atoms with E-state index < -0.39 is 7.92 Å². The van der Waals surface area contributed by atoms with Crippen LogP contribution in [0.5, 0.6) is 0 Å². The molecule has 0 aliphatic rings. The summed E-state index contributed by atoms with van der Waals surface area (Å²) in [5.41, 5.74) is 7.68. The van der Waals surface area contributed by atoms with Gasteiger partial charge in [0.25, 0.3) is 0 Å². The van der Waals surface area contributed by atoms with Crippen LogP contribution in [0.4, 0.5) is 5.69 Å². The predicted octanol–water partition coefficient (Wildman–Crippen LogP) is 10.1. The van der Waals surface area contributed by atoms with Gasteiger partial charge < -0.3 is 9.13 Å². The first kappa shape index (κ1) is 28.7. The van der Waals surface area contributed by atoms with Gasteiger partial charge in [0.15, 0.2) is 5.69 Å². The second kappa shape index (κ2) is 11.7. The van der Waals surface area contributed by atoms with Crippen molar-refractivity contribution >= 4 is 73.1 Å². The molecule has 0 fully saturated rings. The zero-order chi connectivity index (χ0) is 32.9. The first-order valence-electron chi connectivity index (χ1n) is 16.1. The fourth-order valence-electron chi connectivity index (χ4n) is 7.15. The summed E-state index contributed by atoms with van der Waals surface area (Å²) in [5, 5.41) is 18.1. The van der Waals surface area contributed by atoms with Crippen molar-refractivity contribution in [3.05, 3.63) is 181 Å². The number of aromatic nitrogens is 2. The van der Waals surface area contributed by atoms with Crippen molar-refractivity contribution in [1.82, 2.24) is 9.13 Å². The third-order valence-corrected chi connectivity index (χ3v) is 11.7. The summed E-state index contributed by atoms with van der Waals surface area (Å²) in [6.07, 6.45) is 0. The van der Waals surface area contributed by atoms with Gasteiger partial charge in [0.2, 0.25) is 0 Å². The van der Waals surface area contributed by atoms with Gasteiger partial charge in [-0.25, -0.2) is 4.85 Å². The number of benzene rings is 7. The third kappa shape index (κ3) is 4.70. The Kier molecular flexibility index (Phi) is 6.84. The summed E-state index contributed by atoms with van der Waals surface area (Å²) in [4.78, 5) is 3.75. The fourth-order valence-corrected chi connectivity index (χ4v) is 9.47. The van der Waals surface area contributed by atoms with E-state index in [4.69, 9.17) is 6.57 Å². The summed E-state index contributed by atoms with van der Waals surface area (Å²) >= 11 is 0. The normalized spacial score (nSPS) is 12.0. The Labute approximate surface area is 284 Å². The molecule has 7 aromatic carbocycles. The smallest absolute Gasteiger partial charge is 0.189 e. The van der Waals surface area contributed by atoms with Crippen molar-refractivity contribution in [2.75, 3.05) is 0 Å². The van der Waals surface area contributed by atoms with Gasteiger partial charge in [0.05, 0.1) is 34.8 Å². The highest BCUT2D eigenvalue weighted by atomic mass is 31.1. The monoisotopic (exact) mass is 642 g/mol. The SMILES string of the molecule is [C-]#[N+]c1ccc2c3ccc(P(c4ccccc4)c4ccc5c6ccc(C#N)cc6n(-c6ccccc6)c5c4)cc3n(-c3ccccc3)c2c1. The van der Waals surface area contributed by atoms with E-state index in [1.807, 2.05) is 36.4 Å². The van der Waals surface area contributed by atoms with E-state index in [2.05, 4.69) is 147 Å². The molecular formula is C44H27N4P. The lowest BCUT2D eigenvalue weighted by atomic mass is 10.1. The maximum absolute atomic E-state index is 9.77. The van der Waals surface area contributed by atoms with Crippen molar-refractivity contribution in [3.63, 3.8) is 0 Å². The number of fused-ring (bicyclic) bond motifs is 6. The Morgan fingerprint density at radius 3 is 1.43 bits per heavy atom. The van der Waals surface area contributed by atoms with Crippen LogP contribution in [0.3, 0.4) is 0 Å². The molecule has 9 rings (SSSR count). The van der Waals surface area contributed by atoms with Gasteiger partial charge in [-0.1, -0.05) is 109 Å². The average Bonchev–Trinajstić information content (AvgIpc) is 3.67. The van der Waals surface area contributed by atoms with E-state index >= 15 is 0 Å². The molecule has 9 aromatic rings. The van der Waals surface area contributed by atoms with Gasteiger partial charge in [-0.3, -0.25) is 0 Å². The number of hydrogen-bond donors (Lipinski definition) is 0. The Balaban J connectivity index is 1.32. The van der Waals surface area contributed by atoms with Crippen LogP contribution in [0.25, 0.3) is 59.8 Å². The molecule has 0 amide bonds. The van der Waals surface area contributed by atoms with E-state index in [1.165, 1.54) is 15.9 Å². The molecule has 0 saturated heterocycles. The average molecular weight is 643 g/mol. The van der Waals surface area contributed by atoms with Crippen LogP contribution < -0.4 is 15.9 Å². The highest BCUT2D eigenvalue weighted by Crippen LogP contribution is 2.40. The minimum absolute atomic E-state index is 0.628. The standard InChI is InChI=1S/C44H27N4P/c1-46-31-18-22-38-40-24-20-36(28-44(40)48(42(38)26-31)33-13-7-3-8-14-33)49(34-15-9-4-10-16-34)35-19-23-39-37-21-17-30(29-45)25-41(37)47(43(39)27-35)32-11-5-2-6-12-32/h2-28H. The van der Waals surface area contributed by atoms with E-state index in [0.29, 0.717) is 11.3 Å². The van der Waals surface area contributed by atoms with Crippen molar-refractivity contribution in [3.8, 4) is 17.4 Å². The van der Waals surface area contributed by atoms with Gasteiger partial charge in [-0.2, -0.15) is 5.26 Å². The number of para-hydroxylation sites is 2. The van der Waals surface area contributed by atoms with Gasteiger partial charge >= 0.3 is 0 Å². The first-order chi connectivity index (χ1) is 24.2. The highest BCUT2D eigenvalue weighted by molar-refractivity contribution is 7.79. The third-order valence-electron chi connectivity index (χ3n) is 9.30. The summed E-state index contributed by atoms with van der Waals surface area (Å²) in [7, 11) is -0.960. The van der Waals surface area contributed by atoms with Crippen molar-refractivity contribution in [1.29, 1.82) is 5.26 Å². The Morgan fingerprint density at radius 2 is 0.918 bits per heavy atom. The summed E-state index contributed by atoms with van der Waals surface area (Å²) in [5.74, 6) is 0. The van der Waals surface area contributed by atoms with Crippen LogP contribution in [0.1, 0.15) is 5.56 Å². The molecule has 1 atom stereocenters. The van der Waals surface area contributed by atoms with Crippen molar-refractivity contribution in [2.45, 2.75) is 0 Å². The molecule has 228 valence electrons.